The van der Waals surface area contributed by atoms with Gasteiger partial charge in [0.2, 0.25) is 5.95 Å². The predicted molar refractivity (Wildman–Crippen MR) is 153 cm³/mol. The highest BCUT2D eigenvalue weighted by Gasteiger charge is 2.21. The van der Waals surface area contributed by atoms with Crippen LogP contribution >= 0.6 is 0 Å². The van der Waals surface area contributed by atoms with Crippen molar-refractivity contribution >= 4 is 33.9 Å². The second kappa shape index (κ2) is 10.6. The molecule has 1 aliphatic rings. The SMILES string of the molecule is Cc1cc(N(C)CCN(C)C)c(N)cc1Nc1ncc(OCC#N)c(-c2cn3c4c(cccc24)CCC3)n1. The van der Waals surface area contributed by atoms with Gasteiger partial charge in [-0.3, -0.25) is 0 Å². The molecule has 2 aromatic heterocycles. The molecule has 0 atom stereocenters. The number of nitriles is 1. The first-order valence-electron chi connectivity index (χ1n) is 12.9. The minimum atomic E-state index is -0.0779. The number of likely N-dealkylation sites (N-methyl/N-ethyl adjacent to an activating group) is 2. The average molecular weight is 511 g/mol. The van der Waals surface area contributed by atoms with Crippen LogP contribution in [-0.4, -0.2) is 60.3 Å². The Labute approximate surface area is 223 Å². The number of nitrogen functional groups attached to an aromatic ring is 1. The van der Waals surface area contributed by atoms with E-state index in [2.05, 4.69) is 76.3 Å². The van der Waals surface area contributed by atoms with E-state index < -0.39 is 0 Å². The van der Waals surface area contributed by atoms with Crippen molar-refractivity contribution in [1.29, 1.82) is 5.26 Å². The van der Waals surface area contributed by atoms with E-state index in [1.54, 1.807) is 6.20 Å². The summed E-state index contributed by atoms with van der Waals surface area (Å²) in [7, 11) is 6.17. The molecule has 196 valence electrons. The van der Waals surface area contributed by atoms with E-state index in [1.807, 2.05) is 19.1 Å². The van der Waals surface area contributed by atoms with Gasteiger partial charge in [0.1, 0.15) is 11.8 Å². The number of ether oxygens (including phenoxy) is 1. The van der Waals surface area contributed by atoms with Crippen LogP contribution in [0.25, 0.3) is 22.2 Å². The Morgan fingerprint density at radius 1 is 1.21 bits per heavy atom. The Bertz CT molecular complexity index is 1520. The van der Waals surface area contributed by atoms with E-state index >= 15 is 0 Å². The molecule has 5 rings (SSSR count). The first-order chi connectivity index (χ1) is 18.4. The molecular formula is C29H34N8O. The maximum Gasteiger partial charge on any atom is 0.227 e. The second-order valence-electron chi connectivity index (χ2n) is 10.1. The van der Waals surface area contributed by atoms with Crippen LogP contribution in [0.3, 0.4) is 0 Å². The molecule has 0 spiro atoms. The summed E-state index contributed by atoms with van der Waals surface area (Å²) >= 11 is 0. The molecule has 1 aliphatic heterocycles. The number of hydrogen-bond donors (Lipinski definition) is 2. The number of aromatic nitrogens is 3. The molecule has 0 bridgehead atoms. The van der Waals surface area contributed by atoms with E-state index in [0.29, 0.717) is 23.1 Å². The minimum Gasteiger partial charge on any atom is -0.475 e. The normalized spacial score (nSPS) is 12.5. The second-order valence-corrected chi connectivity index (χ2v) is 10.1. The summed E-state index contributed by atoms with van der Waals surface area (Å²) in [6, 6.07) is 12.5. The fourth-order valence-electron chi connectivity index (χ4n) is 5.05. The van der Waals surface area contributed by atoms with E-state index in [0.717, 1.165) is 60.4 Å². The van der Waals surface area contributed by atoms with Crippen molar-refractivity contribution in [2.75, 3.05) is 56.8 Å². The summed E-state index contributed by atoms with van der Waals surface area (Å²) in [5, 5.41) is 13.6. The number of anilines is 4. The number of rotatable bonds is 9. The van der Waals surface area contributed by atoms with Gasteiger partial charge in [-0.05, 0) is 57.1 Å². The molecule has 2 aromatic carbocycles. The van der Waals surface area contributed by atoms with E-state index in [4.69, 9.17) is 20.7 Å². The zero-order valence-corrected chi connectivity index (χ0v) is 22.5. The number of nitrogens with two attached hydrogens (primary N) is 1. The molecule has 0 unspecified atom stereocenters. The van der Waals surface area contributed by atoms with Crippen molar-refractivity contribution < 1.29 is 4.74 Å². The van der Waals surface area contributed by atoms with Gasteiger partial charge in [-0.25, -0.2) is 9.97 Å². The van der Waals surface area contributed by atoms with Gasteiger partial charge < -0.3 is 30.2 Å². The zero-order chi connectivity index (χ0) is 26.8. The molecule has 0 aliphatic carbocycles. The highest BCUT2D eigenvalue weighted by Crippen LogP contribution is 2.39. The smallest absolute Gasteiger partial charge is 0.227 e. The third kappa shape index (κ3) is 4.95. The van der Waals surface area contributed by atoms with Crippen LogP contribution in [0.1, 0.15) is 17.5 Å². The molecular weight excluding hydrogens is 476 g/mol. The Kier molecular flexibility index (Phi) is 7.07. The van der Waals surface area contributed by atoms with Crippen LogP contribution in [0.4, 0.5) is 23.0 Å². The molecule has 3 heterocycles. The van der Waals surface area contributed by atoms with Crippen LogP contribution in [-0.2, 0) is 13.0 Å². The standard InChI is InChI=1S/C29H34N8O/c1-19-15-25(36(4)13-12-35(2)3)23(31)16-24(19)33-29-32-17-26(38-14-10-30)27(34-29)22-18-37-11-6-8-20-7-5-9-21(22)28(20)37/h5,7,9,15-18H,6,8,11-14,31H2,1-4H3,(H,32,33,34). The lowest BCUT2D eigenvalue weighted by Gasteiger charge is -2.24. The molecule has 0 radical (unpaired) electrons. The largest absolute Gasteiger partial charge is 0.475 e. The third-order valence-electron chi connectivity index (χ3n) is 7.04. The highest BCUT2D eigenvalue weighted by molar-refractivity contribution is 5.98. The molecule has 38 heavy (non-hydrogen) atoms. The summed E-state index contributed by atoms with van der Waals surface area (Å²) in [5.41, 5.74) is 14.2. The van der Waals surface area contributed by atoms with Gasteiger partial charge in [0.05, 0.1) is 23.1 Å². The number of para-hydroxylation sites is 1. The maximum absolute atomic E-state index is 9.13. The third-order valence-corrected chi connectivity index (χ3v) is 7.04. The van der Waals surface area contributed by atoms with Crippen molar-refractivity contribution in [3.63, 3.8) is 0 Å². The van der Waals surface area contributed by atoms with Gasteiger partial charge in [0, 0.05) is 49.5 Å². The summed E-state index contributed by atoms with van der Waals surface area (Å²) in [4.78, 5) is 13.7. The van der Waals surface area contributed by atoms with Gasteiger partial charge in [0.25, 0.3) is 0 Å². The lowest BCUT2D eigenvalue weighted by molar-refractivity contribution is 0.367. The number of nitrogens with one attached hydrogen (secondary N) is 1. The van der Waals surface area contributed by atoms with Crippen LogP contribution in [0, 0.1) is 18.3 Å². The lowest BCUT2D eigenvalue weighted by atomic mass is 10.0. The van der Waals surface area contributed by atoms with Crippen molar-refractivity contribution in [2.24, 2.45) is 0 Å². The summed E-state index contributed by atoms with van der Waals surface area (Å²) in [6.45, 7) is 4.73. The van der Waals surface area contributed by atoms with Crippen molar-refractivity contribution in [3.8, 4) is 23.1 Å². The Morgan fingerprint density at radius 3 is 2.84 bits per heavy atom. The van der Waals surface area contributed by atoms with Crippen molar-refractivity contribution in [3.05, 3.63) is 53.9 Å². The quantitative estimate of drug-likeness (QED) is 0.315. The zero-order valence-electron chi connectivity index (χ0n) is 22.5. The summed E-state index contributed by atoms with van der Waals surface area (Å²) in [6.07, 6.45) is 5.95. The first kappa shape index (κ1) is 25.4. The number of aryl methyl sites for hydroxylation is 3. The number of benzene rings is 2. The maximum atomic E-state index is 9.13. The molecule has 3 N–H and O–H groups in total. The highest BCUT2D eigenvalue weighted by atomic mass is 16.5. The lowest BCUT2D eigenvalue weighted by Crippen LogP contribution is -2.29. The summed E-state index contributed by atoms with van der Waals surface area (Å²) < 4.78 is 8.05. The van der Waals surface area contributed by atoms with Gasteiger partial charge in [-0.15, -0.1) is 0 Å². The van der Waals surface area contributed by atoms with Gasteiger partial charge in [0.15, 0.2) is 12.4 Å². The van der Waals surface area contributed by atoms with Gasteiger partial charge in [-0.1, -0.05) is 18.2 Å². The fraction of sp³-hybridized carbons (Fsp3) is 0.345. The molecule has 9 nitrogen and oxygen atoms in total. The van der Waals surface area contributed by atoms with E-state index in [-0.39, 0.29) is 6.61 Å². The number of hydrogen-bond acceptors (Lipinski definition) is 8. The predicted octanol–water partition coefficient (Wildman–Crippen LogP) is 4.58. The van der Waals surface area contributed by atoms with Crippen molar-refractivity contribution in [2.45, 2.75) is 26.3 Å². The summed E-state index contributed by atoms with van der Waals surface area (Å²) in [5.74, 6) is 0.919. The monoisotopic (exact) mass is 510 g/mol. The van der Waals surface area contributed by atoms with Crippen LogP contribution < -0.4 is 20.7 Å². The minimum absolute atomic E-state index is 0.0779. The van der Waals surface area contributed by atoms with E-state index in [1.165, 1.54) is 11.1 Å². The van der Waals surface area contributed by atoms with Crippen LogP contribution in [0.15, 0.2) is 42.7 Å². The van der Waals surface area contributed by atoms with Gasteiger partial charge >= 0.3 is 0 Å². The molecule has 4 aromatic rings. The van der Waals surface area contributed by atoms with Crippen LogP contribution in [0.2, 0.25) is 0 Å². The van der Waals surface area contributed by atoms with E-state index in [9.17, 15) is 0 Å². The molecule has 9 heteroatoms. The molecule has 0 fully saturated rings. The molecule has 0 saturated heterocycles. The average Bonchev–Trinajstić information content (AvgIpc) is 3.28. The fourth-order valence-corrected chi connectivity index (χ4v) is 5.05. The van der Waals surface area contributed by atoms with Crippen molar-refractivity contribution in [1.82, 2.24) is 19.4 Å². The van der Waals surface area contributed by atoms with Crippen LogP contribution in [0.5, 0.6) is 5.75 Å². The first-order valence-corrected chi connectivity index (χ1v) is 12.9. The Balaban J connectivity index is 1.51. The molecule has 0 saturated carbocycles. The number of nitrogens with zero attached hydrogens (tertiary/aromatic N) is 6. The van der Waals surface area contributed by atoms with Gasteiger partial charge in [-0.2, -0.15) is 5.26 Å². The Hall–Kier alpha value is -4.29. The Morgan fingerprint density at radius 2 is 2.05 bits per heavy atom. The topological polar surface area (TPSA) is 108 Å². The molecule has 0 amide bonds.